The molecule has 1 amide bonds. The third-order valence-electron chi connectivity index (χ3n) is 2.91. The summed E-state index contributed by atoms with van der Waals surface area (Å²) in [7, 11) is 0. The van der Waals surface area contributed by atoms with Gasteiger partial charge in [0.2, 0.25) is 0 Å². The Balaban J connectivity index is 1.82. The van der Waals surface area contributed by atoms with E-state index in [-0.39, 0.29) is 19.1 Å². The largest absolute Gasteiger partial charge is 0.462 e. The zero-order valence-corrected chi connectivity index (χ0v) is 10.9. The summed E-state index contributed by atoms with van der Waals surface area (Å²) in [4.78, 5) is 25.1. The first-order chi connectivity index (χ1) is 9.22. The summed E-state index contributed by atoms with van der Waals surface area (Å²) < 4.78 is 10.1. The molecule has 0 radical (unpaired) electrons. The Morgan fingerprint density at radius 1 is 1.32 bits per heavy atom. The van der Waals surface area contributed by atoms with Crippen LogP contribution < -0.4 is 0 Å². The van der Waals surface area contributed by atoms with Gasteiger partial charge in [-0.05, 0) is 18.6 Å². The average molecular weight is 263 g/mol. The van der Waals surface area contributed by atoms with Crippen molar-refractivity contribution in [3.8, 4) is 0 Å². The van der Waals surface area contributed by atoms with Crippen LogP contribution in [0.25, 0.3) is 0 Å². The number of hydrogen-bond donors (Lipinski definition) is 0. The smallest absolute Gasteiger partial charge is 0.325 e. The Labute approximate surface area is 112 Å². The quantitative estimate of drug-likeness (QED) is 0.572. The number of carbonyl (C=O) groups is 2. The molecule has 0 fully saturated rings. The molecule has 1 heterocycles. The van der Waals surface area contributed by atoms with Crippen LogP contribution in [0.5, 0.6) is 0 Å². The van der Waals surface area contributed by atoms with Gasteiger partial charge in [-0.1, -0.05) is 18.2 Å². The minimum absolute atomic E-state index is 0.0142. The first kappa shape index (κ1) is 13.5. The fraction of sp³-hybridized carbons (Fsp3) is 0.429. The summed E-state index contributed by atoms with van der Waals surface area (Å²) in [6, 6.07) is 7.38. The molecule has 0 bridgehead atoms. The third kappa shape index (κ3) is 3.32. The zero-order chi connectivity index (χ0) is 13.7. The molecule has 0 unspecified atom stereocenters. The standard InChI is InChI=1S/C14H17NO4/c1-2-18-7-8-19-13(16)10-15-9-11-5-3-4-6-12(11)14(15)17/h3-6H,2,7-10H2,1H3. The van der Waals surface area contributed by atoms with Gasteiger partial charge in [-0.25, -0.2) is 0 Å². The third-order valence-corrected chi connectivity index (χ3v) is 2.91. The van der Waals surface area contributed by atoms with Crippen LogP contribution in [-0.4, -0.2) is 43.1 Å². The molecule has 19 heavy (non-hydrogen) atoms. The van der Waals surface area contributed by atoms with Gasteiger partial charge in [-0.3, -0.25) is 9.59 Å². The highest BCUT2D eigenvalue weighted by atomic mass is 16.6. The summed E-state index contributed by atoms with van der Waals surface area (Å²) >= 11 is 0. The summed E-state index contributed by atoms with van der Waals surface area (Å²) in [6.07, 6.45) is 0. The molecule has 0 saturated heterocycles. The maximum Gasteiger partial charge on any atom is 0.325 e. The molecule has 5 nitrogen and oxygen atoms in total. The molecular weight excluding hydrogens is 246 g/mol. The molecule has 0 aromatic heterocycles. The molecule has 1 aromatic carbocycles. The van der Waals surface area contributed by atoms with Crippen molar-refractivity contribution in [1.82, 2.24) is 4.90 Å². The van der Waals surface area contributed by atoms with Gasteiger partial charge in [-0.2, -0.15) is 0 Å². The van der Waals surface area contributed by atoms with Crippen LogP contribution >= 0.6 is 0 Å². The number of esters is 1. The van der Waals surface area contributed by atoms with E-state index in [0.29, 0.717) is 25.3 Å². The van der Waals surface area contributed by atoms with Gasteiger partial charge in [-0.15, -0.1) is 0 Å². The summed E-state index contributed by atoms with van der Waals surface area (Å²) in [5.74, 6) is -0.516. The van der Waals surface area contributed by atoms with E-state index in [1.165, 1.54) is 4.90 Å². The van der Waals surface area contributed by atoms with Gasteiger partial charge < -0.3 is 14.4 Å². The predicted molar refractivity (Wildman–Crippen MR) is 68.6 cm³/mol. The summed E-state index contributed by atoms with van der Waals surface area (Å²) in [5, 5.41) is 0. The maximum absolute atomic E-state index is 12.0. The van der Waals surface area contributed by atoms with Crippen molar-refractivity contribution in [2.75, 3.05) is 26.4 Å². The molecule has 5 heteroatoms. The number of ether oxygens (including phenoxy) is 2. The summed E-state index contributed by atoms with van der Waals surface area (Å²) in [5.41, 5.74) is 1.62. The van der Waals surface area contributed by atoms with Gasteiger partial charge in [0, 0.05) is 18.7 Å². The number of hydrogen-bond acceptors (Lipinski definition) is 4. The van der Waals surface area contributed by atoms with E-state index < -0.39 is 5.97 Å². The van der Waals surface area contributed by atoms with E-state index in [1.807, 2.05) is 25.1 Å². The Morgan fingerprint density at radius 3 is 2.84 bits per heavy atom. The van der Waals surface area contributed by atoms with Crippen LogP contribution in [0.2, 0.25) is 0 Å². The lowest BCUT2D eigenvalue weighted by atomic mass is 10.1. The first-order valence-electron chi connectivity index (χ1n) is 6.33. The van der Waals surface area contributed by atoms with Crippen molar-refractivity contribution in [2.24, 2.45) is 0 Å². The van der Waals surface area contributed by atoms with E-state index >= 15 is 0 Å². The molecule has 1 aliphatic rings. The van der Waals surface area contributed by atoms with Gasteiger partial charge in [0.15, 0.2) is 0 Å². The minimum Gasteiger partial charge on any atom is -0.462 e. The lowest BCUT2D eigenvalue weighted by Crippen LogP contribution is -2.31. The molecule has 0 aliphatic carbocycles. The Morgan fingerprint density at radius 2 is 2.11 bits per heavy atom. The molecule has 0 spiro atoms. The monoisotopic (exact) mass is 263 g/mol. The van der Waals surface area contributed by atoms with Crippen molar-refractivity contribution in [2.45, 2.75) is 13.5 Å². The van der Waals surface area contributed by atoms with Crippen LogP contribution in [-0.2, 0) is 20.8 Å². The fourth-order valence-electron chi connectivity index (χ4n) is 2.00. The topological polar surface area (TPSA) is 55.8 Å². The van der Waals surface area contributed by atoms with Gasteiger partial charge in [0.05, 0.1) is 6.61 Å². The van der Waals surface area contributed by atoms with E-state index in [0.717, 1.165) is 5.56 Å². The molecule has 1 aromatic rings. The van der Waals surface area contributed by atoms with E-state index in [4.69, 9.17) is 9.47 Å². The molecule has 0 N–H and O–H groups in total. The van der Waals surface area contributed by atoms with Gasteiger partial charge >= 0.3 is 5.97 Å². The van der Waals surface area contributed by atoms with Gasteiger partial charge in [0.25, 0.3) is 5.91 Å². The van der Waals surface area contributed by atoms with E-state index in [2.05, 4.69) is 0 Å². The lowest BCUT2D eigenvalue weighted by Gasteiger charge is -2.14. The Kier molecular flexibility index (Phi) is 4.52. The predicted octanol–water partition coefficient (Wildman–Crippen LogP) is 1.22. The highest BCUT2D eigenvalue weighted by Gasteiger charge is 2.28. The van der Waals surface area contributed by atoms with Crippen molar-refractivity contribution < 1.29 is 19.1 Å². The second-order valence-corrected chi connectivity index (χ2v) is 4.24. The summed E-state index contributed by atoms with van der Waals surface area (Å²) in [6.45, 7) is 3.53. The number of rotatable bonds is 6. The highest BCUT2D eigenvalue weighted by Crippen LogP contribution is 2.21. The van der Waals surface area contributed by atoms with Crippen LogP contribution in [0.3, 0.4) is 0 Å². The van der Waals surface area contributed by atoms with Crippen molar-refractivity contribution in [3.05, 3.63) is 35.4 Å². The zero-order valence-electron chi connectivity index (χ0n) is 10.9. The highest BCUT2D eigenvalue weighted by molar-refractivity contribution is 5.99. The number of carbonyl (C=O) groups excluding carboxylic acids is 2. The maximum atomic E-state index is 12.0. The van der Waals surface area contributed by atoms with Gasteiger partial charge in [0.1, 0.15) is 13.2 Å². The van der Waals surface area contributed by atoms with Crippen LogP contribution in [0.1, 0.15) is 22.8 Å². The van der Waals surface area contributed by atoms with E-state index in [9.17, 15) is 9.59 Å². The van der Waals surface area contributed by atoms with E-state index in [1.54, 1.807) is 6.07 Å². The molecule has 0 saturated carbocycles. The Hall–Kier alpha value is -1.88. The molecule has 102 valence electrons. The molecule has 1 aliphatic heterocycles. The Bertz CT molecular complexity index is 472. The van der Waals surface area contributed by atoms with Crippen molar-refractivity contribution >= 4 is 11.9 Å². The second kappa shape index (κ2) is 6.33. The molecule has 2 rings (SSSR count). The number of nitrogens with zero attached hydrogens (tertiary/aromatic N) is 1. The van der Waals surface area contributed by atoms with Crippen molar-refractivity contribution in [3.63, 3.8) is 0 Å². The van der Waals surface area contributed by atoms with Crippen LogP contribution in [0.15, 0.2) is 24.3 Å². The molecular formula is C14H17NO4. The number of amides is 1. The normalized spacial score (nSPS) is 13.5. The molecule has 0 atom stereocenters. The second-order valence-electron chi connectivity index (χ2n) is 4.24. The van der Waals surface area contributed by atoms with Crippen LogP contribution in [0, 0.1) is 0 Å². The minimum atomic E-state index is -0.402. The average Bonchev–Trinajstić information content (AvgIpc) is 2.72. The first-order valence-corrected chi connectivity index (χ1v) is 6.33. The number of benzene rings is 1. The SMILES string of the molecule is CCOCCOC(=O)CN1Cc2ccccc2C1=O. The van der Waals surface area contributed by atoms with Crippen molar-refractivity contribution in [1.29, 1.82) is 0 Å². The lowest BCUT2D eigenvalue weighted by molar-refractivity contribution is -0.145. The fourth-order valence-corrected chi connectivity index (χ4v) is 2.00. The number of fused-ring (bicyclic) bond motifs is 1. The van der Waals surface area contributed by atoms with Crippen LogP contribution in [0.4, 0.5) is 0 Å².